The summed E-state index contributed by atoms with van der Waals surface area (Å²) in [5, 5.41) is 19.5. The van der Waals surface area contributed by atoms with Gasteiger partial charge in [-0.15, -0.1) is 5.10 Å². The molecule has 0 bridgehead atoms. The monoisotopic (exact) mass is 453 g/mol. The van der Waals surface area contributed by atoms with Gasteiger partial charge in [-0.2, -0.15) is 5.10 Å². The summed E-state index contributed by atoms with van der Waals surface area (Å²) in [6.45, 7) is 2.29. The van der Waals surface area contributed by atoms with E-state index in [1.165, 1.54) is 23.9 Å². The average Bonchev–Trinajstić information content (AvgIpc) is 3.39. The van der Waals surface area contributed by atoms with E-state index in [0.717, 1.165) is 17.0 Å². The van der Waals surface area contributed by atoms with Crippen LogP contribution in [0.5, 0.6) is 5.75 Å². The summed E-state index contributed by atoms with van der Waals surface area (Å²) in [4.78, 5) is 12.6. The molecule has 0 aliphatic rings. The molecule has 11 heteroatoms. The van der Waals surface area contributed by atoms with Crippen molar-refractivity contribution in [1.82, 2.24) is 30.0 Å². The number of anilines is 1. The van der Waals surface area contributed by atoms with E-state index < -0.39 is 0 Å². The Morgan fingerprint density at radius 2 is 1.91 bits per heavy atom. The molecule has 0 aliphatic carbocycles. The first kappa shape index (κ1) is 21.5. The zero-order valence-corrected chi connectivity index (χ0v) is 18.2. The highest BCUT2D eigenvalue weighted by Crippen LogP contribution is 2.20. The Bertz CT molecular complexity index is 1210. The number of aryl methyl sites for hydroxylation is 1. The van der Waals surface area contributed by atoms with E-state index in [9.17, 15) is 9.18 Å². The molecule has 0 aliphatic heterocycles. The number of nitrogens with zero attached hydrogens (tertiary/aromatic N) is 6. The lowest BCUT2D eigenvalue weighted by Gasteiger charge is -2.09. The van der Waals surface area contributed by atoms with Crippen LogP contribution in [0.3, 0.4) is 0 Å². The number of carbonyl (C=O) groups is 1. The Morgan fingerprint density at radius 1 is 1.16 bits per heavy atom. The minimum Gasteiger partial charge on any atom is -0.497 e. The van der Waals surface area contributed by atoms with Crippen molar-refractivity contribution in [3.8, 4) is 11.4 Å². The molecule has 4 aromatic rings. The first-order chi connectivity index (χ1) is 15.5. The second kappa shape index (κ2) is 9.60. The van der Waals surface area contributed by atoms with Gasteiger partial charge in [-0.05, 0) is 59.3 Å². The highest BCUT2D eigenvalue weighted by molar-refractivity contribution is 7.99. The van der Waals surface area contributed by atoms with E-state index in [1.807, 2.05) is 31.2 Å². The molecule has 9 nitrogen and oxygen atoms in total. The van der Waals surface area contributed by atoms with Gasteiger partial charge in [0.05, 0.1) is 30.8 Å². The van der Waals surface area contributed by atoms with E-state index in [-0.39, 0.29) is 17.5 Å². The van der Waals surface area contributed by atoms with Gasteiger partial charge < -0.3 is 10.1 Å². The molecule has 0 spiro atoms. The number of halogens is 1. The fourth-order valence-corrected chi connectivity index (χ4v) is 3.66. The van der Waals surface area contributed by atoms with E-state index in [1.54, 1.807) is 34.7 Å². The standard InChI is InChI=1S/C21H20FN7O2S/c1-14-11-19(29(25-14)17-7-5-16(22)6-8-17)23-20(30)13-32-21-24-26-27-28(21)12-15-3-9-18(31-2)10-4-15/h3-11H,12-13H2,1-2H3,(H,23,30). The van der Waals surface area contributed by atoms with Gasteiger partial charge in [0.2, 0.25) is 11.1 Å². The summed E-state index contributed by atoms with van der Waals surface area (Å²) in [7, 11) is 1.62. The van der Waals surface area contributed by atoms with Crippen molar-refractivity contribution in [2.24, 2.45) is 0 Å². The Morgan fingerprint density at radius 3 is 2.62 bits per heavy atom. The maximum absolute atomic E-state index is 13.2. The largest absolute Gasteiger partial charge is 0.497 e. The van der Waals surface area contributed by atoms with Gasteiger partial charge in [-0.25, -0.2) is 13.8 Å². The van der Waals surface area contributed by atoms with Crippen LogP contribution in [0.25, 0.3) is 5.69 Å². The lowest BCUT2D eigenvalue weighted by Crippen LogP contribution is -2.17. The summed E-state index contributed by atoms with van der Waals surface area (Å²) >= 11 is 1.23. The fraction of sp³-hybridized carbons (Fsp3) is 0.190. The van der Waals surface area contributed by atoms with Gasteiger partial charge in [0, 0.05) is 6.07 Å². The maximum atomic E-state index is 13.2. The molecule has 2 heterocycles. The quantitative estimate of drug-likeness (QED) is 0.409. The van der Waals surface area contributed by atoms with Gasteiger partial charge in [0.1, 0.15) is 17.4 Å². The molecule has 2 aromatic carbocycles. The van der Waals surface area contributed by atoms with Crippen LogP contribution in [-0.4, -0.2) is 48.8 Å². The zero-order chi connectivity index (χ0) is 22.5. The third kappa shape index (κ3) is 5.11. The number of aromatic nitrogens is 6. The highest BCUT2D eigenvalue weighted by Gasteiger charge is 2.14. The number of benzene rings is 2. The van der Waals surface area contributed by atoms with E-state index >= 15 is 0 Å². The van der Waals surface area contributed by atoms with Crippen LogP contribution >= 0.6 is 11.8 Å². The van der Waals surface area contributed by atoms with Gasteiger partial charge in [0.25, 0.3) is 0 Å². The number of hydrogen-bond donors (Lipinski definition) is 1. The third-order valence-electron chi connectivity index (χ3n) is 4.49. The molecule has 0 atom stereocenters. The number of tetrazole rings is 1. The molecule has 0 fully saturated rings. The van der Waals surface area contributed by atoms with Crippen LogP contribution in [0.1, 0.15) is 11.3 Å². The topological polar surface area (TPSA) is 99.8 Å². The second-order valence-electron chi connectivity index (χ2n) is 6.86. The van der Waals surface area contributed by atoms with E-state index in [2.05, 4.69) is 25.9 Å². The summed E-state index contributed by atoms with van der Waals surface area (Å²) in [6, 6.07) is 15.2. The summed E-state index contributed by atoms with van der Waals surface area (Å²) in [5.41, 5.74) is 2.37. The number of hydrogen-bond acceptors (Lipinski definition) is 7. The molecular formula is C21H20FN7O2S. The Balaban J connectivity index is 1.39. The molecule has 0 unspecified atom stereocenters. The van der Waals surface area contributed by atoms with Crippen molar-refractivity contribution in [3.63, 3.8) is 0 Å². The third-order valence-corrected chi connectivity index (χ3v) is 5.45. The van der Waals surface area contributed by atoms with Crippen LogP contribution < -0.4 is 10.1 Å². The number of amides is 1. The minimum atomic E-state index is -0.341. The maximum Gasteiger partial charge on any atom is 0.236 e. The SMILES string of the molecule is COc1ccc(Cn2nnnc2SCC(=O)Nc2cc(C)nn2-c2ccc(F)cc2)cc1. The van der Waals surface area contributed by atoms with Crippen LogP contribution in [-0.2, 0) is 11.3 Å². The number of nitrogens with one attached hydrogen (secondary N) is 1. The lowest BCUT2D eigenvalue weighted by atomic mass is 10.2. The van der Waals surface area contributed by atoms with Crippen LogP contribution in [0.2, 0.25) is 0 Å². The molecule has 164 valence electrons. The molecular weight excluding hydrogens is 433 g/mol. The predicted octanol–water partition coefficient (Wildman–Crippen LogP) is 3.09. The molecule has 0 saturated heterocycles. The van der Waals surface area contributed by atoms with Gasteiger partial charge in [-0.3, -0.25) is 4.79 Å². The van der Waals surface area contributed by atoms with E-state index in [4.69, 9.17) is 4.74 Å². The smallest absolute Gasteiger partial charge is 0.236 e. The number of methoxy groups -OCH3 is 1. The van der Waals surface area contributed by atoms with Crippen molar-refractivity contribution in [1.29, 1.82) is 0 Å². The summed E-state index contributed by atoms with van der Waals surface area (Å²) in [5.74, 6) is 0.796. The van der Waals surface area contributed by atoms with Crippen LogP contribution in [0.15, 0.2) is 59.8 Å². The van der Waals surface area contributed by atoms with E-state index in [0.29, 0.717) is 23.2 Å². The average molecular weight is 454 g/mol. The molecule has 2 aromatic heterocycles. The van der Waals surface area contributed by atoms with Crippen molar-refractivity contribution in [3.05, 3.63) is 71.7 Å². The summed E-state index contributed by atoms with van der Waals surface area (Å²) < 4.78 is 21.6. The van der Waals surface area contributed by atoms with Crippen molar-refractivity contribution >= 4 is 23.5 Å². The molecule has 0 saturated carbocycles. The first-order valence-corrected chi connectivity index (χ1v) is 10.6. The van der Waals surface area contributed by atoms with Crippen molar-refractivity contribution in [2.75, 3.05) is 18.2 Å². The number of ether oxygens (including phenoxy) is 1. The van der Waals surface area contributed by atoms with Gasteiger partial charge in [-0.1, -0.05) is 23.9 Å². The fourth-order valence-electron chi connectivity index (χ4n) is 2.98. The van der Waals surface area contributed by atoms with Crippen LogP contribution in [0.4, 0.5) is 10.2 Å². The molecule has 32 heavy (non-hydrogen) atoms. The number of thioether (sulfide) groups is 1. The molecule has 1 N–H and O–H groups in total. The predicted molar refractivity (Wildman–Crippen MR) is 118 cm³/mol. The second-order valence-corrected chi connectivity index (χ2v) is 7.81. The zero-order valence-electron chi connectivity index (χ0n) is 17.4. The Hall–Kier alpha value is -3.73. The number of rotatable bonds is 8. The normalized spacial score (nSPS) is 10.8. The van der Waals surface area contributed by atoms with Gasteiger partial charge >= 0.3 is 0 Å². The van der Waals surface area contributed by atoms with Crippen molar-refractivity contribution in [2.45, 2.75) is 18.6 Å². The lowest BCUT2D eigenvalue weighted by molar-refractivity contribution is -0.113. The molecule has 4 rings (SSSR count). The first-order valence-electron chi connectivity index (χ1n) is 9.66. The number of carbonyl (C=O) groups excluding carboxylic acids is 1. The minimum absolute atomic E-state index is 0.108. The molecule has 1 amide bonds. The van der Waals surface area contributed by atoms with Crippen LogP contribution in [0, 0.1) is 12.7 Å². The van der Waals surface area contributed by atoms with Crippen molar-refractivity contribution < 1.29 is 13.9 Å². The Kier molecular flexibility index (Phi) is 6.45. The Labute approximate surface area is 187 Å². The summed E-state index contributed by atoms with van der Waals surface area (Å²) in [6.07, 6.45) is 0. The molecule has 0 radical (unpaired) electrons. The van der Waals surface area contributed by atoms with Gasteiger partial charge in [0.15, 0.2) is 0 Å². The highest BCUT2D eigenvalue weighted by atomic mass is 32.2.